The van der Waals surface area contributed by atoms with Crippen molar-refractivity contribution in [3.8, 4) is 11.5 Å². The summed E-state index contributed by atoms with van der Waals surface area (Å²) in [6.07, 6.45) is 1.86. The number of hydrogen-bond donors (Lipinski definition) is 3. The van der Waals surface area contributed by atoms with E-state index >= 15 is 0 Å². The maximum Gasteiger partial charge on any atom is 0.257 e. The van der Waals surface area contributed by atoms with Crippen molar-refractivity contribution in [2.75, 3.05) is 19.6 Å². The van der Waals surface area contributed by atoms with E-state index in [0.717, 1.165) is 12.8 Å². The fourth-order valence-corrected chi connectivity index (χ4v) is 2.36. The summed E-state index contributed by atoms with van der Waals surface area (Å²) in [4.78, 5) is 13.9. The van der Waals surface area contributed by atoms with Gasteiger partial charge in [-0.2, -0.15) is 0 Å². The zero-order valence-corrected chi connectivity index (χ0v) is 10.2. The van der Waals surface area contributed by atoms with Gasteiger partial charge in [-0.05, 0) is 37.4 Å². The van der Waals surface area contributed by atoms with Gasteiger partial charge in [0.25, 0.3) is 5.91 Å². The lowest BCUT2D eigenvalue weighted by Gasteiger charge is -2.17. The van der Waals surface area contributed by atoms with Crippen LogP contribution in [0.4, 0.5) is 0 Å². The van der Waals surface area contributed by atoms with Gasteiger partial charge in [0.2, 0.25) is 0 Å². The molecule has 0 radical (unpaired) electrons. The number of nitrogens with two attached hydrogens (primary N) is 1. The van der Waals surface area contributed by atoms with E-state index in [9.17, 15) is 15.0 Å². The van der Waals surface area contributed by atoms with Gasteiger partial charge in [0, 0.05) is 13.1 Å². The normalized spacial score (nSPS) is 19.2. The average molecular weight is 250 g/mol. The lowest BCUT2D eigenvalue weighted by atomic mass is 10.1. The predicted molar refractivity (Wildman–Crippen MR) is 67.5 cm³/mol. The second-order valence-electron chi connectivity index (χ2n) is 4.66. The van der Waals surface area contributed by atoms with Crippen molar-refractivity contribution < 1.29 is 15.0 Å². The predicted octanol–water partition coefficient (Wildman–Crippen LogP) is 0.909. The molecule has 0 saturated carbocycles. The number of hydrogen-bond acceptors (Lipinski definition) is 4. The first-order chi connectivity index (χ1) is 8.63. The summed E-state index contributed by atoms with van der Waals surface area (Å²) in [5, 5.41) is 19.1. The van der Waals surface area contributed by atoms with Crippen molar-refractivity contribution in [2.24, 2.45) is 11.7 Å². The maximum absolute atomic E-state index is 12.2. The first kappa shape index (κ1) is 12.7. The van der Waals surface area contributed by atoms with Crippen molar-refractivity contribution in [2.45, 2.75) is 12.8 Å². The fourth-order valence-electron chi connectivity index (χ4n) is 2.36. The van der Waals surface area contributed by atoms with Crippen LogP contribution in [0.3, 0.4) is 0 Å². The number of phenols is 2. The maximum atomic E-state index is 12.2. The Morgan fingerprint density at radius 3 is 2.94 bits per heavy atom. The van der Waals surface area contributed by atoms with Crippen LogP contribution in [-0.2, 0) is 0 Å². The SMILES string of the molecule is NCCC1CCN(C(=O)c2cccc(O)c2O)C1. The van der Waals surface area contributed by atoms with E-state index in [1.807, 2.05) is 0 Å². The van der Waals surface area contributed by atoms with E-state index in [1.165, 1.54) is 12.1 Å². The number of amides is 1. The Balaban J connectivity index is 2.11. The van der Waals surface area contributed by atoms with Crippen molar-refractivity contribution in [1.82, 2.24) is 4.90 Å². The van der Waals surface area contributed by atoms with Crippen molar-refractivity contribution in [3.05, 3.63) is 23.8 Å². The first-order valence-corrected chi connectivity index (χ1v) is 6.13. The number of nitrogens with zero attached hydrogens (tertiary/aromatic N) is 1. The van der Waals surface area contributed by atoms with E-state index in [0.29, 0.717) is 25.6 Å². The summed E-state index contributed by atoms with van der Waals surface area (Å²) in [6.45, 7) is 1.98. The molecule has 1 aromatic carbocycles. The molecule has 1 aliphatic rings. The Morgan fingerprint density at radius 1 is 1.44 bits per heavy atom. The van der Waals surface area contributed by atoms with Gasteiger partial charge in [-0.25, -0.2) is 0 Å². The van der Waals surface area contributed by atoms with E-state index in [2.05, 4.69) is 0 Å². The van der Waals surface area contributed by atoms with E-state index in [-0.39, 0.29) is 23.0 Å². The number of likely N-dealkylation sites (tertiary alicyclic amines) is 1. The van der Waals surface area contributed by atoms with E-state index < -0.39 is 0 Å². The zero-order valence-electron chi connectivity index (χ0n) is 10.2. The van der Waals surface area contributed by atoms with Crippen molar-refractivity contribution in [3.63, 3.8) is 0 Å². The Morgan fingerprint density at radius 2 is 2.22 bits per heavy atom. The topological polar surface area (TPSA) is 86.8 Å². The minimum absolute atomic E-state index is 0.156. The molecule has 1 unspecified atom stereocenters. The molecule has 0 bridgehead atoms. The van der Waals surface area contributed by atoms with Gasteiger partial charge in [-0.3, -0.25) is 4.79 Å². The molecule has 0 aromatic heterocycles. The van der Waals surface area contributed by atoms with Gasteiger partial charge in [-0.15, -0.1) is 0 Å². The van der Waals surface area contributed by atoms with Crippen LogP contribution in [0.1, 0.15) is 23.2 Å². The highest BCUT2D eigenvalue weighted by Gasteiger charge is 2.28. The van der Waals surface area contributed by atoms with Crippen LogP contribution in [-0.4, -0.2) is 40.7 Å². The molecule has 18 heavy (non-hydrogen) atoms. The Bertz CT molecular complexity index is 448. The number of carbonyl (C=O) groups is 1. The highest BCUT2D eigenvalue weighted by Crippen LogP contribution is 2.30. The molecule has 4 N–H and O–H groups in total. The van der Waals surface area contributed by atoms with Crippen LogP contribution in [0.15, 0.2) is 18.2 Å². The molecule has 1 aromatic rings. The second-order valence-corrected chi connectivity index (χ2v) is 4.66. The summed E-state index contributed by atoms with van der Waals surface area (Å²) in [7, 11) is 0. The third kappa shape index (κ3) is 2.41. The summed E-state index contributed by atoms with van der Waals surface area (Å²) in [5.41, 5.74) is 5.66. The van der Waals surface area contributed by atoms with Crippen LogP contribution < -0.4 is 5.73 Å². The van der Waals surface area contributed by atoms with Gasteiger partial charge in [0.1, 0.15) is 0 Å². The largest absolute Gasteiger partial charge is 0.504 e. The van der Waals surface area contributed by atoms with E-state index in [4.69, 9.17) is 5.73 Å². The zero-order chi connectivity index (χ0) is 13.1. The molecule has 0 aliphatic carbocycles. The van der Waals surface area contributed by atoms with Crippen molar-refractivity contribution in [1.29, 1.82) is 0 Å². The molecule has 1 amide bonds. The Kier molecular flexibility index (Phi) is 3.72. The van der Waals surface area contributed by atoms with Crippen molar-refractivity contribution >= 4 is 5.91 Å². The molecule has 2 rings (SSSR count). The summed E-state index contributed by atoms with van der Waals surface area (Å²) in [5.74, 6) is -0.398. The van der Waals surface area contributed by atoms with Gasteiger partial charge in [-0.1, -0.05) is 6.07 Å². The van der Waals surface area contributed by atoms with Crippen LogP contribution in [0.2, 0.25) is 0 Å². The molecule has 0 spiro atoms. The van der Waals surface area contributed by atoms with Gasteiger partial charge in [0.15, 0.2) is 11.5 Å². The minimum atomic E-state index is -0.343. The lowest BCUT2D eigenvalue weighted by molar-refractivity contribution is 0.0783. The summed E-state index contributed by atoms with van der Waals surface area (Å²) < 4.78 is 0. The average Bonchev–Trinajstić information content (AvgIpc) is 2.81. The summed E-state index contributed by atoms with van der Waals surface area (Å²) >= 11 is 0. The fraction of sp³-hybridized carbons (Fsp3) is 0.462. The Labute approximate surface area is 106 Å². The van der Waals surface area contributed by atoms with Crippen LogP contribution in [0.5, 0.6) is 11.5 Å². The van der Waals surface area contributed by atoms with Crippen LogP contribution in [0.25, 0.3) is 0 Å². The monoisotopic (exact) mass is 250 g/mol. The second kappa shape index (κ2) is 5.27. The number of rotatable bonds is 3. The molecule has 5 nitrogen and oxygen atoms in total. The molecule has 1 heterocycles. The van der Waals surface area contributed by atoms with Gasteiger partial charge < -0.3 is 20.8 Å². The third-order valence-corrected chi connectivity index (χ3v) is 3.39. The van der Waals surface area contributed by atoms with E-state index in [1.54, 1.807) is 11.0 Å². The molecule has 1 aliphatic heterocycles. The highest BCUT2D eigenvalue weighted by atomic mass is 16.3. The molecular formula is C13H18N2O3. The molecule has 1 fully saturated rings. The molecule has 98 valence electrons. The quantitative estimate of drug-likeness (QED) is 0.696. The number of carbonyl (C=O) groups excluding carboxylic acids is 1. The minimum Gasteiger partial charge on any atom is -0.504 e. The van der Waals surface area contributed by atoms with Gasteiger partial charge in [0.05, 0.1) is 5.56 Å². The summed E-state index contributed by atoms with van der Waals surface area (Å²) in [6, 6.07) is 4.43. The molecule has 1 atom stereocenters. The van der Waals surface area contributed by atoms with Crippen LogP contribution >= 0.6 is 0 Å². The van der Waals surface area contributed by atoms with Gasteiger partial charge >= 0.3 is 0 Å². The third-order valence-electron chi connectivity index (χ3n) is 3.39. The molecular weight excluding hydrogens is 232 g/mol. The van der Waals surface area contributed by atoms with Crippen LogP contribution in [0, 0.1) is 5.92 Å². The highest BCUT2D eigenvalue weighted by molar-refractivity contribution is 5.97. The first-order valence-electron chi connectivity index (χ1n) is 6.13. The standard InChI is InChI=1S/C13H18N2O3/c14-6-4-9-5-7-15(8-9)13(18)10-2-1-3-11(16)12(10)17/h1-3,9,16-17H,4-8,14H2. The molecule has 5 heteroatoms. The number of aromatic hydroxyl groups is 2. The Hall–Kier alpha value is -1.75. The molecule has 1 saturated heterocycles. The number of para-hydroxylation sites is 1. The lowest BCUT2D eigenvalue weighted by Crippen LogP contribution is -2.29. The number of benzene rings is 1. The number of phenolic OH excluding ortho intramolecular Hbond substituents is 2. The smallest absolute Gasteiger partial charge is 0.257 e.